The highest BCUT2D eigenvalue weighted by Crippen LogP contribution is 2.24. The molecule has 0 saturated heterocycles. The van der Waals surface area contributed by atoms with Crippen LogP contribution in [-0.2, 0) is 0 Å². The predicted molar refractivity (Wildman–Crippen MR) is 79.5 cm³/mol. The lowest BCUT2D eigenvalue weighted by Crippen LogP contribution is -2.39. The Bertz CT molecular complexity index is 387. The van der Waals surface area contributed by atoms with Crippen LogP contribution in [0.4, 0.5) is 8.78 Å². The van der Waals surface area contributed by atoms with Gasteiger partial charge in [-0.2, -0.15) is 0 Å². The zero-order valence-electron chi connectivity index (χ0n) is 12.7. The van der Waals surface area contributed by atoms with Crippen LogP contribution in [0.3, 0.4) is 0 Å². The number of hydrogen-bond donors (Lipinski definition) is 1. The Morgan fingerprint density at radius 3 is 2.15 bits per heavy atom. The minimum Gasteiger partial charge on any atom is -0.329 e. The van der Waals surface area contributed by atoms with Crippen LogP contribution < -0.4 is 5.73 Å². The summed E-state index contributed by atoms with van der Waals surface area (Å²) in [4.78, 5) is 2.23. The molecule has 1 rings (SSSR count). The summed E-state index contributed by atoms with van der Waals surface area (Å²) in [5.41, 5.74) is 6.48. The van der Waals surface area contributed by atoms with Crippen LogP contribution in [0.25, 0.3) is 0 Å². The van der Waals surface area contributed by atoms with Crippen molar-refractivity contribution in [3.05, 3.63) is 35.4 Å². The third-order valence-electron chi connectivity index (χ3n) is 3.58. The molecule has 0 aliphatic carbocycles. The predicted octanol–water partition coefficient (Wildman–Crippen LogP) is 3.87. The second-order valence-electron chi connectivity index (χ2n) is 5.49. The Labute approximate surface area is 121 Å². The van der Waals surface area contributed by atoms with E-state index in [1.807, 2.05) is 0 Å². The minimum absolute atomic E-state index is 0.142. The fourth-order valence-corrected chi connectivity index (χ4v) is 2.55. The van der Waals surface area contributed by atoms with E-state index in [0.717, 1.165) is 31.9 Å². The highest BCUT2D eigenvalue weighted by atomic mass is 19.1. The first-order valence-corrected chi connectivity index (χ1v) is 7.41. The maximum absolute atomic E-state index is 13.4. The van der Waals surface area contributed by atoms with E-state index in [2.05, 4.69) is 25.7 Å². The molecule has 0 aliphatic heterocycles. The van der Waals surface area contributed by atoms with Crippen molar-refractivity contribution in [2.75, 3.05) is 13.1 Å². The number of rotatable bonds is 8. The van der Waals surface area contributed by atoms with Crippen molar-refractivity contribution in [2.24, 2.45) is 5.73 Å². The number of hydrogen-bond acceptors (Lipinski definition) is 2. The van der Waals surface area contributed by atoms with Crippen LogP contribution in [-0.4, -0.2) is 24.0 Å². The standard InChI is InChI=1S/C16H26F2N2/c1-4-5-6-7-20(12(2)3)16(11-19)13-8-14(17)10-15(18)9-13/h8-10,12,16H,4-7,11,19H2,1-3H3. The molecule has 1 aromatic carbocycles. The molecule has 20 heavy (non-hydrogen) atoms. The molecule has 0 amide bonds. The fraction of sp³-hybridized carbons (Fsp3) is 0.625. The lowest BCUT2D eigenvalue weighted by atomic mass is 10.0. The summed E-state index contributed by atoms with van der Waals surface area (Å²) < 4.78 is 26.8. The van der Waals surface area contributed by atoms with Crippen LogP contribution in [0, 0.1) is 11.6 Å². The number of benzene rings is 1. The second-order valence-corrected chi connectivity index (χ2v) is 5.49. The third kappa shape index (κ3) is 4.84. The molecular weight excluding hydrogens is 258 g/mol. The zero-order valence-corrected chi connectivity index (χ0v) is 12.7. The SMILES string of the molecule is CCCCCN(C(C)C)C(CN)c1cc(F)cc(F)c1. The number of halogens is 2. The number of nitrogens with zero attached hydrogens (tertiary/aromatic N) is 1. The average Bonchev–Trinajstić information content (AvgIpc) is 2.36. The highest BCUT2D eigenvalue weighted by molar-refractivity contribution is 5.22. The van der Waals surface area contributed by atoms with Crippen molar-refractivity contribution < 1.29 is 8.78 Å². The van der Waals surface area contributed by atoms with Crippen molar-refractivity contribution in [1.82, 2.24) is 4.90 Å². The van der Waals surface area contributed by atoms with Gasteiger partial charge in [0.25, 0.3) is 0 Å². The normalized spacial score (nSPS) is 13.2. The van der Waals surface area contributed by atoms with Gasteiger partial charge in [-0.05, 0) is 44.5 Å². The van der Waals surface area contributed by atoms with Gasteiger partial charge in [-0.25, -0.2) is 8.78 Å². The first kappa shape index (κ1) is 17.1. The summed E-state index contributed by atoms with van der Waals surface area (Å²) in [5.74, 6) is -1.09. The molecule has 1 aromatic rings. The van der Waals surface area contributed by atoms with Crippen molar-refractivity contribution in [3.8, 4) is 0 Å². The first-order chi connectivity index (χ1) is 9.49. The maximum atomic E-state index is 13.4. The van der Waals surface area contributed by atoms with Crippen molar-refractivity contribution in [2.45, 2.75) is 52.1 Å². The van der Waals surface area contributed by atoms with Crippen LogP contribution in [0.5, 0.6) is 0 Å². The molecule has 1 atom stereocenters. The van der Waals surface area contributed by atoms with E-state index in [-0.39, 0.29) is 12.1 Å². The van der Waals surface area contributed by atoms with Gasteiger partial charge in [-0.15, -0.1) is 0 Å². The zero-order chi connectivity index (χ0) is 15.1. The molecule has 0 bridgehead atoms. The molecule has 1 unspecified atom stereocenters. The largest absolute Gasteiger partial charge is 0.329 e. The van der Waals surface area contributed by atoms with Crippen LogP contribution in [0.1, 0.15) is 51.6 Å². The molecule has 0 aliphatic rings. The van der Waals surface area contributed by atoms with Crippen molar-refractivity contribution in [1.29, 1.82) is 0 Å². The van der Waals surface area contributed by atoms with Gasteiger partial charge in [0.1, 0.15) is 11.6 Å². The molecule has 0 fully saturated rings. The van der Waals surface area contributed by atoms with Gasteiger partial charge in [0.2, 0.25) is 0 Å². The molecule has 2 N–H and O–H groups in total. The molecule has 0 aromatic heterocycles. The smallest absolute Gasteiger partial charge is 0.126 e. The Kier molecular flexibility index (Phi) is 7.10. The minimum atomic E-state index is -0.546. The Balaban J connectivity index is 2.93. The topological polar surface area (TPSA) is 29.3 Å². The molecule has 4 heteroatoms. The van der Waals surface area contributed by atoms with E-state index in [1.54, 1.807) is 0 Å². The van der Waals surface area contributed by atoms with E-state index in [9.17, 15) is 8.78 Å². The molecule has 114 valence electrons. The van der Waals surface area contributed by atoms with Crippen molar-refractivity contribution in [3.63, 3.8) is 0 Å². The maximum Gasteiger partial charge on any atom is 0.126 e. The highest BCUT2D eigenvalue weighted by Gasteiger charge is 2.22. The fourth-order valence-electron chi connectivity index (χ4n) is 2.55. The molecule has 0 saturated carbocycles. The summed E-state index contributed by atoms with van der Waals surface area (Å²) in [6.45, 7) is 7.58. The average molecular weight is 284 g/mol. The van der Waals surface area contributed by atoms with Crippen LogP contribution in [0.15, 0.2) is 18.2 Å². The number of nitrogens with two attached hydrogens (primary N) is 1. The van der Waals surface area contributed by atoms with E-state index >= 15 is 0 Å². The monoisotopic (exact) mass is 284 g/mol. The van der Waals surface area contributed by atoms with E-state index in [4.69, 9.17) is 5.73 Å². The summed E-state index contributed by atoms with van der Waals surface area (Å²) in [5, 5.41) is 0. The van der Waals surface area contributed by atoms with Gasteiger partial charge in [0.05, 0.1) is 0 Å². The lowest BCUT2D eigenvalue weighted by Gasteiger charge is -2.34. The van der Waals surface area contributed by atoms with Gasteiger partial charge >= 0.3 is 0 Å². The Morgan fingerprint density at radius 2 is 1.70 bits per heavy atom. The van der Waals surface area contributed by atoms with Gasteiger partial charge in [0, 0.05) is 24.7 Å². The quantitative estimate of drug-likeness (QED) is 0.734. The lowest BCUT2D eigenvalue weighted by molar-refractivity contribution is 0.153. The molecular formula is C16H26F2N2. The Hall–Kier alpha value is -1.00. The second kappa shape index (κ2) is 8.32. The van der Waals surface area contributed by atoms with Gasteiger partial charge < -0.3 is 5.73 Å². The summed E-state index contributed by atoms with van der Waals surface area (Å²) in [6.07, 6.45) is 3.37. The van der Waals surface area contributed by atoms with Crippen molar-refractivity contribution >= 4 is 0 Å². The van der Waals surface area contributed by atoms with Gasteiger partial charge in [0.15, 0.2) is 0 Å². The molecule has 0 heterocycles. The van der Waals surface area contributed by atoms with E-state index < -0.39 is 11.6 Å². The summed E-state index contributed by atoms with van der Waals surface area (Å²) in [6, 6.07) is 3.81. The first-order valence-electron chi connectivity index (χ1n) is 7.41. The summed E-state index contributed by atoms with van der Waals surface area (Å²) in [7, 11) is 0. The number of unbranched alkanes of at least 4 members (excludes halogenated alkanes) is 2. The summed E-state index contributed by atoms with van der Waals surface area (Å²) >= 11 is 0. The van der Waals surface area contributed by atoms with Gasteiger partial charge in [-0.1, -0.05) is 19.8 Å². The van der Waals surface area contributed by atoms with E-state index in [0.29, 0.717) is 12.1 Å². The van der Waals surface area contributed by atoms with E-state index in [1.165, 1.54) is 12.1 Å². The molecule has 0 spiro atoms. The Morgan fingerprint density at radius 1 is 1.10 bits per heavy atom. The third-order valence-corrected chi connectivity index (χ3v) is 3.58. The van der Waals surface area contributed by atoms with Crippen LogP contribution in [0.2, 0.25) is 0 Å². The van der Waals surface area contributed by atoms with Crippen LogP contribution >= 0.6 is 0 Å². The molecule has 0 radical (unpaired) electrons. The molecule has 2 nitrogen and oxygen atoms in total. The van der Waals surface area contributed by atoms with Gasteiger partial charge in [-0.3, -0.25) is 4.90 Å².